The summed E-state index contributed by atoms with van der Waals surface area (Å²) in [6, 6.07) is 14.4. The van der Waals surface area contributed by atoms with Gasteiger partial charge >= 0.3 is 0 Å². The fraction of sp³-hybridized carbons (Fsp3) is 0.0952. The predicted molar refractivity (Wildman–Crippen MR) is 114 cm³/mol. The number of hydrogen-bond donors (Lipinski definition) is 1. The largest absolute Gasteiger partial charge is 0.501 e. The summed E-state index contributed by atoms with van der Waals surface area (Å²) in [6.45, 7) is 0. The molecular formula is C21H12Cl2N4O4. The highest BCUT2D eigenvalue weighted by molar-refractivity contribution is 6.30. The van der Waals surface area contributed by atoms with Crippen molar-refractivity contribution in [2.75, 3.05) is 0 Å². The van der Waals surface area contributed by atoms with E-state index in [9.17, 15) is 25.3 Å². The average Bonchev–Trinajstić information content (AvgIpc) is 2.73. The Hall–Kier alpha value is -3.67. The number of benzene rings is 2. The van der Waals surface area contributed by atoms with Crippen LogP contribution in [-0.2, 0) is 6.42 Å². The van der Waals surface area contributed by atoms with Crippen LogP contribution in [0.3, 0.4) is 0 Å². The summed E-state index contributed by atoms with van der Waals surface area (Å²) in [5.41, 5.74) is -0.707. The molecule has 3 aromatic rings. The van der Waals surface area contributed by atoms with Gasteiger partial charge in [0.05, 0.1) is 16.5 Å². The molecule has 0 radical (unpaired) electrons. The minimum Gasteiger partial charge on any atom is -0.501 e. The third-order valence-electron chi connectivity index (χ3n) is 5.03. The van der Waals surface area contributed by atoms with Crippen molar-refractivity contribution in [3.8, 4) is 11.8 Å². The highest BCUT2D eigenvalue weighted by Crippen LogP contribution is 2.39. The number of aliphatic hydroxyl groups is 1. The van der Waals surface area contributed by atoms with Gasteiger partial charge in [-0.05, 0) is 42.3 Å². The van der Waals surface area contributed by atoms with Crippen LogP contribution in [0.1, 0.15) is 28.3 Å². The Bertz CT molecular complexity index is 1360. The number of allylic oxidation sites excluding steroid dienone is 1. The predicted octanol–water partition coefficient (Wildman–Crippen LogP) is 4.25. The quantitative estimate of drug-likeness (QED) is 0.465. The summed E-state index contributed by atoms with van der Waals surface area (Å²) in [5.74, 6) is -1.59. The minimum absolute atomic E-state index is 0.0567. The summed E-state index contributed by atoms with van der Waals surface area (Å²) in [6.07, 6.45) is -0.0567. The molecule has 10 heteroatoms. The maximum atomic E-state index is 13.0. The number of rotatable bonds is 3. The van der Waals surface area contributed by atoms with E-state index in [-0.39, 0.29) is 28.9 Å². The minimum atomic E-state index is -0.893. The lowest BCUT2D eigenvalue weighted by atomic mass is 9.82. The Morgan fingerprint density at radius 2 is 1.90 bits per heavy atom. The van der Waals surface area contributed by atoms with E-state index < -0.39 is 27.9 Å². The maximum absolute atomic E-state index is 13.0. The van der Waals surface area contributed by atoms with Crippen molar-refractivity contribution in [3.05, 3.63) is 107 Å². The van der Waals surface area contributed by atoms with Gasteiger partial charge in [-0.1, -0.05) is 41.4 Å². The fourth-order valence-electron chi connectivity index (χ4n) is 3.62. The Balaban J connectivity index is 2.00. The van der Waals surface area contributed by atoms with Crippen molar-refractivity contribution in [1.82, 2.24) is 9.78 Å². The molecule has 1 aliphatic rings. The van der Waals surface area contributed by atoms with E-state index in [0.29, 0.717) is 15.6 Å². The van der Waals surface area contributed by atoms with E-state index in [0.717, 1.165) is 4.68 Å². The first-order chi connectivity index (χ1) is 14.8. The standard InChI is InChI=1S/C21H12Cl2N4O4/c22-12-6-4-11(5-7-12)15-9-16-17(10-24)21(29)26(14-3-1-2-13(23)8-14)25-18(16)20(28)19(15)27(30)31/h1-8,15,28H,9H2. The SMILES string of the molecule is N#Cc1c2c(nn(-c3cccc(Cl)c3)c1=O)C(O)=C([N+](=O)[O-])C(c1ccc(Cl)cc1)C2. The van der Waals surface area contributed by atoms with Crippen LogP contribution in [0.2, 0.25) is 10.0 Å². The molecule has 1 heterocycles. The van der Waals surface area contributed by atoms with E-state index in [1.165, 1.54) is 6.07 Å². The molecule has 0 aliphatic heterocycles. The molecular weight excluding hydrogens is 443 g/mol. The second kappa shape index (κ2) is 7.87. The Morgan fingerprint density at radius 1 is 1.19 bits per heavy atom. The number of fused-ring (bicyclic) bond motifs is 1. The molecule has 0 bridgehead atoms. The third kappa shape index (κ3) is 3.54. The van der Waals surface area contributed by atoms with Crippen LogP contribution in [-0.4, -0.2) is 19.8 Å². The van der Waals surface area contributed by atoms with Crippen LogP contribution in [0, 0.1) is 21.4 Å². The lowest BCUT2D eigenvalue weighted by Gasteiger charge is -2.23. The van der Waals surface area contributed by atoms with Crippen molar-refractivity contribution in [1.29, 1.82) is 5.26 Å². The molecule has 0 saturated carbocycles. The van der Waals surface area contributed by atoms with Crippen molar-refractivity contribution in [2.24, 2.45) is 0 Å². The van der Waals surface area contributed by atoms with Gasteiger partial charge in [-0.15, -0.1) is 0 Å². The number of nitro groups is 1. The molecule has 0 saturated heterocycles. The van der Waals surface area contributed by atoms with Gasteiger partial charge in [-0.3, -0.25) is 14.9 Å². The molecule has 31 heavy (non-hydrogen) atoms. The Labute approximate surface area is 185 Å². The Morgan fingerprint density at radius 3 is 2.52 bits per heavy atom. The highest BCUT2D eigenvalue weighted by atomic mass is 35.5. The summed E-state index contributed by atoms with van der Waals surface area (Å²) in [7, 11) is 0. The fourth-order valence-corrected chi connectivity index (χ4v) is 3.93. The molecule has 1 N–H and O–H groups in total. The van der Waals surface area contributed by atoms with Crippen LogP contribution in [0.25, 0.3) is 11.4 Å². The van der Waals surface area contributed by atoms with E-state index >= 15 is 0 Å². The molecule has 2 aromatic carbocycles. The van der Waals surface area contributed by atoms with Crippen molar-refractivity contribution >= 4 is 29.0 Å². The van der Waals surface area contributed by atoms with Crippen LogP contribution in [0.15, 0.2) is 59.0 Å². The normalized spacial score (nSPS) is 15.3. The molecule has 0 spiro atoms. The van der Waals surface area contributed by atoms with Crippen LogP contribution in [0.4, 0.5) is 0 Å². The van der Waals surface area contributed by atoms with Gasteiger partial charge in [0.15, 0.2) is 0 Å². The molecule has 1 aliphatic carbocycles. The van der Waals surface area contributed by atoms with E-state index in [1.807, 2.05) is 6.07 Å². The van der Waals surface area contributed by atoms with Gasteiger partial charge in [0.2, 0.25) is 5.76 Å². The summed E-state index contributed by atoms with van der Waals surface area (Å²) >= 11 is 11.9. The van der Waals surface area contributed by atoms with Crippen molar-refractivity contribution < 1.29 is 10.0 Å². The van der Waals surface area contributed by atoms with Gasteiger partial charge < -0.3 is 5.11 Å². The topological polar surface area (TPSA) is 122 Å². The third-order valence-corrected chi connectivity index (χ3v) is 5.52. The molecule has 154 valence electrons. The van der Waals surface area contributed by atoms with E-state index in [2.05, 4.69) is 5.10 Å². The van der Waals surface area contributed by atoms with Crippen LogP contribution < -0.4 is 5.56 Å². The summed E-state index contributed by atoms with van der Waals surface area (Å²) in [4.78, 5) is 24.1. The van der Waals surface area contributed by atoms with Gasteiger partial charge in [-0.25, -0.2) is 0 Å². The zero-order chi connectivity index (χ0) is 22.3. The van der Waals surface area contributed by atoms with Gasteiger partial charge in [0.25, 0.3) is 11.3 Å². The second-order valence-electron chi connectivity index (χ2n) is 6.81. The number of aliphatic hydroxyl groups excluding tert-OH is 1. The first-order valence-corrected chi connectivity index (χ1v) is 9.73. The number of nitrogens with zero attached hydrogens (tertiary/aromatic N) is 4. The first-order valence-electron chi connectivity index (χ1n) is 8.97. The van der Waals surface area contributed by atoms with Crippen molar-refractivity contribution in [2.45, 2.75) is 12.3 Å². The lowest BCUT2D eigenvalue weighted by Crippen LogP contribution is -2.31. The molecule has 0 fully saturated rings. The molecule has 1 unspecified atom stereocenters. The molecule has 1 atom stereocenters. The zero-order valence-electron chi connectivity index (χ0n) is 15.6. The van der Waals surface area contributed by atoms with Gasteiger partial charge in [0.1, 0.15) is 17.3 Å². The van der Waals surface area contributed by atoms with Crippen LogP contribution in [0.5, 0.6) is 0 Å². The Kier molecular flexibility index (Phi) is 5.23. The number of nitriles is 1. The second-order valence-corrected chi connectivity index (χ2v) is 7.68. The molecule has 8 nitrogen and oxygen atoms in total. The number of hydrogen-bond acceptors (Lipinski definition) is 6. The molecule has 1 aromatic heterocycles. The summed E-state index contributed by atoms with van der Waals surface area (Å²) < 4.78 is 0.902. The lowest BCUT2D eigenvalue weighted by molar-refractivity contribution is -0.430. The number of halogens is 2. The highest BCUT2D eigenvalue weighted by Gasteiger charge is 2.40. The van der Waals surface area contributed by atoms with Gasteiger partial charge in [0, 0.05) is 15.6 Å². The zero-order valence-corrected chi connectivity index (χ0v) is 17.1. The van der Waals surface area contributed by atoms with E-state index in [4.69, 9.17) is 23.2 Å². The molecule has 4 rings (SSSR count). The first kappa shape index (κ1) is 20.6. The van der Waals surface area contributed by atoms with Crippen LogP contribution >= 0.6 is 23.2 Å². The van der Waals surface area contributed by atoms with E-state index in [1.54, 1.807) is 42.5 Å². The monoisotopic (exact) mass is 454 g/mol. The smallest absolute Gasteiger partial charge is 0.297 e. The van der Waals surface area contributed by atoms with Crippen molar-refractivity contribution in [3.63, 3.8) is 0 Å². The average molecular weight is 455 g/mol. The van der Waals surface area contributed by atoms with Gasteiger partial charge in [-0.2, -0.15) is 15.0 Å². The maximum Gasteiger partial charge on any atom is 0.297 e. The summed E-state index contributed by atoms with van der Waals surface area (Å²) in [5, 5.41) is 37.3. The molecule has 0 amide bonds. The number of aromatic nitrogens is 2.